The van der Waals surface area contributed by atoms with Gasteiger partial charge in [-0.2, -0.15) is 4.98 Å². The zero-order valence-electron chi connectivity index (χ0n) is 14.0. The third kappa shape index (κ3) is 3.23. The number of carbonyl (C=O) groups is 2. The summed E-state index contributed by atoms with van der Waals surface area (Å²) < 4.78 is 5.05. The average molecular weight is 320 g/mol. The van der Waals surface area contributed by atoms with E-state index in [1.807, 2.05) is 18.7 Å². The first-order chi connectivity index (χ1) is 11.0. The van der Waals surface area contributed by atoms with E-state index >= 15 is 0 Å². The second-order valence-electron chi connectivity index (χ2n) is 6.84. The van der Waals surface area contributed by atoms with Gasteiger partial charge in [0, 0.05) is 44.9 Å². The minimum absolute atomic E-state index is 0.0840. The zero-order chi connectivity index (χ0) is 16.6. The van der Waals surface area contributed by atoms with Gasteiger partial charge in [0.15, 0.2) is 5.82 Å². The number of aryl methyl sites for hydroxylation is 1. The molecule has 0 saturated carbocycles. The number of hydrogen-bond acceptors (Lipinski definition) is 5. The quantitative estimate of drug-likeness (QED) is 0.839. The van der Waals surface area contributed by atoms with Crippen molar-refractivity contribution in [2.24, 2.45) is 5.92 Å². The van der Waals surface area contributed by atoms with Crippen LogP contribution in [-0.2, 0) is 9.59 Å². The monoisotopic (exact) mass is 320 g/mol. The van der Waals surface area contributed by atoms with E-state index in [1.54, 1.807) is 11.8 Å². The van der Waals surface area contributed by atoms with Crippen LogP contribution >= 0.6 is 0 Å². The fourth-order valence-electron chi connectivity index (χ4n) is 3.52. The predicted octanol–water partition coefficient (Wildman–Crippen LogP) is 1.34. The SMILES string of the molecule is Cc1nc([C@@H]2CCCN(C(=O)[C@H]3CC(=O)N(C(C)C)C3)C2)no1. The standard InChI is InChI=1S/C16H24N4O3/c1-10(2)20-9-13(7-14(20)21)16(22)19-6-4-5-12(8-19)15-17-11(3)23-18-15/h10,12-13H,4-9H2,1-3H3/t12-,13+/m1/s1. The maximum absolute atomic E-state index is 12.8. The molecule has 0 aromatic carbocycles. The van der Waals surface area contributed by atoms with Crippen LogP contribution in [0.4, 0.5) is 0 Å². The summed E-state index contributed by atoms with van der Waals surface area (Å²) in [6.07, 6.45) is 2.22. The van der Waals surface area contributed by atoms with Crippen molar-refractivity contribution in [1.82, 2.24) is 19.9 Å². The molecule has 1 aromatic heterocycles. The first-order valence-corrected chi connectivity index (χ1v) is 8.34. The summed E-state index contributed by atoms with van der Waals surface area (Å²) in [7, 11) is 0. The topological polar surface area (TPSA) is 79.5 Å². The number of nitrogens with zero attached hydrogens (tertiary/aromatic N) is 4. The van der Waals surface area contributed by atoms with Gasteiger partial charge in [0.25, 0.3) is 0 Å². The molecule has 2 aliphatic rings. The molecule has 2 aliphatic heterocycles. The Morgan fingerprint density at radius 3 is 2.74 bits per heavy atom. The third-order valence-corrected chi connectivity index (χ3v) is 4.77. The van der Waals surface area contributed by atoms with Gasteiger partial charge >= 0.3 is 0 Å². The number of aromatic nitrogens is 2. The summed E-state index contributed by atoms with van der Waals surface area (Å²) in [6.45, 7) is 7.65. The summed E-state index contributed by atoms with van der Waals surface area (Å²) >= 11 is 0. The lowest BCUT2D eigenvalue weighted by atomic mass is 9.95. The van der Waals surface area contributed by atoms with Crippen LogP contribution in [0.2, 0.25) is 0 Å². The molecule has 2 atom stereocenters. The van der Waals surface area contributed by atoms with Gasteiger partial charge in [-0.15, -0.1) is 0 Å². The molecule has 0 aliphatic carbocycles. The summed E-state index contributed by atoms with van der Waals surface area (Å²) in [4.78, 5) is 32.8. The zero-order valence-corrected chi connectivity index (χ0v) is 14.0. The summed E-state index contributed by atoms with van der Waals surface area (Å²) in [6, 6.07) is 0.150. The van der Waals surface area contributed by atoms with Gasteiger partial charge in [-0.25, -0.2) is 0 Å². The molecule has 7 heteroatoms. The highest BCUT2D eigenvalue weighted by atomic mass is 16.5. The molecule has 1 aromatic rings. The van der Waals surface area contributed by atoms with E-state index in [9.17, 15) is 9.59 Å². The van der Waals surface area contributed by atoms with Gasteiger partial charge < -0.3 is 14.3 Å². The maximum atomic E-state index is 12.8. The smallest absolute Gasteiger partial charge is 0.228 e. The highest BCUT2D eigenvalue weighted by Gasteiger charge is 2.39. The van der Waals surface area contributed by atoms with E-state index < -0.39 is 0 Å². The van der Waals surface area contributed by atoms with Gasteiger partial charge in [-0.1, -0.05) is 5.16 Å². The average Bonchev–Trinajstić information content (AvgIpc) is 3.13. The van der Waals surface area contributed by atoms with Gasteiger partial charge in [-0.3, -0.25) is 9.59 Å². The van der Waals surface area contributed by atoms with Crippen molar-refractivity contribution >= 4 is 11.8 Å². The Balaban J connectivity index is 1.65. The minimum atomic E-state index is -0.212. The van der Waals surface area contributed by atoms with E-state index in [-0.39, 0.29) is 29.7 Å². The molecule has 3 rings (SSSR count). The van der Waals surface area contributed by atoms with Crippen LogP contribution < -0.4 is 0 Å². The first kappa shape index (κ1) is 16.0. The van der Waals surface area contributed by atoms with Crippen molar-refractivity contribution in [1.29, 1.82) is 0 Å². The van der Waals surface area contributed by atoms with E-state index in [0.717, 1.165) is 19.4 Å². The van der Waals surface area contributed by atoms with Crippen LogP contribution in [0, 0.1) is 12.8 Å². The number of rotatable bonds is 3. The minimum Gasteiger partial charge on any atom is -0.342 e. The molecular weight excluding hydrogens is 296 g/mol. The van der Waals surface area contributed by atoms with Gasteiger partial charge in [-0.05, 0) is 26.7 Å². The fraction of sp³-hybridized carbons (Fsp3) is 0.750. The number of likely N-dealkylation sites (tertiary alicyclic amines) is 2. The summed E-state index contributed by atoms with van der Waals surface area (Å²) in [5.41, 5.74) is 0. The van der Waals surface area contributed by atoms with E-state index in [4.69, 9.17) is 4.52 Å². The molecule has 2 fully saturated rings. The van der Waals surface area contributed by atoms with E-state index in [0.29, 0.717) is 31.2 Å². The Morgan fingerprint density at radius 2 is 2.13 bits per heavy atom. The molecule has 7 nitrogen and oxygen atoms in total. The molecule has 2 amide bonds. The molecular formula is C16H24N4O3. The van der Waals surface area contributed by atoms with Crippen LogP contribution in [-0.4, -0.2) is 57.4 Å². The first-order valence-electron chi connectivity index (χ1n) is 8.34. The second kappa shape index (κ2) is 6.29. The molecule has 2 saturated heterocycles. The van der Waals surface area contributed by atoms with Crippen LogP contribution in [0.25, 0.3) is 0 Å². The molecule has 23 heavy (non-hydrogen) atoms. The van der Waals surface area contributed by atoms with E-state index in [2.05, 4.69) is 10.1 Å². The van der Waals surface area contributed by atoms with Crippen LogP contribution in [0.5, 0.6) is 0 Å². The molecule has 3 heterocycles. The fourth-order valence-corrected chi connectivity index (χ4v) is 3.52. The van der Waals surface area contributed by atoms with Gasteiger partial charge in [0.05, 0.1) is 5.92 Å². The predicted molar refractivity (Wildman–Crippen MR) is 82.5 cm³/mol. The lowest BCUT2D eigenvalue weighted by Crippen LogP contribution is -2.43. The molecule has 0 bridgehead atoms. The van der Waals surface area contributed by atoms with Crippen molar-refractivity contribution in [3.05, 3.63) is 11.7 Å². The molecule has 0 N–H and O–H groups in total. The Kier molecular flexibility index (Phi) is 4.37. The van der Waals surface area contributed by atoms with Crippen molar-refractivity contribution in [2.75, 3.05) is 19.6 Å². The molecule has 0 radical (unpaired) electrons. The normalized spacial score (nSPS) is 25.5. The Hall–Kier alpha value is -1.92. The van der Waals surface area contributed by atoms with Crippen LogP contribution in [0.3, 0.4) is 0 Å². The van der Waals surface area contributed by atoms with Crippen molar-refractivity contribution in [3.63, 3.8) is 0 Å². The molecule has 126 valence electrons. The van der Waals surface area contributed by atoms with Crippen molar-refractivity contribution in [2.45, 2.75) is 52.0 Å². The lowest BCUT2D eigenvalue weighted by Gasteiger charge is -2.33. The highest BCUT2D eigenvalue weighted by Crippen LogP contribution is 2.28. The van der Waals surface area contributed by atoms with Crippen LogP contribution in [0.15, 0.2) is 4.52 Å². The van der Waals surface area contributed by atoms with Gasteiger partial charge in [0.2, 0.25) is 17.7 Å². The van der Waals surface area contributed by atoms with Gasteiger partial charge in [0.1, 0.15) is 0 Å². The maximum Gasteiger partial charge on any atom is 0.228 e. The molecule has 0 unspecified atom stereocenters. The Morgan fingerprint density at radius 1 is 1.35 bits per heavy atom. The highest BCUT2D eigenvalue weighted by molar-refractivity contribution is 5.89. The lowest BCUT2D eigenvalue weighted by molar-refractivity contribution is -0.137. The van der Waals surface area contributed by atoms with Crippen LogP contribution in [0.1, 0.15) is 50.7 Å². The van der Waals surface area contributed by atoms with E-state index in [1.165, 1.54) is 0 Å². The third-order valence-electron chi connectivity index (χ3n) is 4.77. The summed E-state index contributed by atoms with van der Waals surface area (Å²) in [5, 5.41) is 3.99. The molecule has 0 spiro atoms. The Labute approximate surface area is 136 Å². The Bertz CT molecular complexity index is 598. The number of carbonyl (C=O) groups excluding carboxylic acids is 2. The largest absolute Gasteiger partial charge is 0.342 e. The number of hydrogen-bond donors (Lipinski definition) is 0. The number of piperidine rings is 1. The summed E-state index contributed by atoms with van der Waals surface area (Å²) in [5.74, 6) is 1.33. The van der Waals surface area contributed by atoms with Crippen molar-refractivity contribution < 1.29 is 14.1 Å². The number of amides is 2. The second-order valence-corrected chi connectivity index (χ2v) is 6.84. The van der Waals surface area contributed by atoms with Crippen molar-refractivity contribution in [3.8, 4) is 0 Å².